The number of ether oxygens (including phenoxy) is 1. The summed E-state index contributed by atoms with van der Waals surface area (Å²) < 4.78 is 5.52. The van der Waals surface area contributed by atoms with Crippen LogP contribution >= 0.6 is 35.7 Å². The van der Waals surface area contributed by atoms with Gasteiger partial charge in [-0.3, -0.25) is 4.90 Å². The highest BCUT2D eigenvalue weighted by Gasteiger charge is 2.33. The Hall–Kier alpha value is -0.470. The Morgan fingerprint density at radius 1 is 1.25 bits per heavy atom. The lowest BCUT2D eigenvalue weighted by Crippen LogP contribution is -2.55. The molecule has 1 fully saturated rings. The number of carbonyl (C=O) groups excluding carboxylic acids is 1. The highest BCUT2D eigenvalue weighted by Crippen LogP contribution is 2.32. The Balaban J connectivity index is 0.00000288. The lowest BCUT2D eigenvalue weighted by atomic mass is 10.1. The summed E-state index contributed by atoms with van der Waals surface area (Å²) in [6.45, 7) is 10.3. The number of piperazine rings is 1. The molecule has 1 amide bonds. The molecule has 1 aliphatic heterocycles. The van der Waals surface area contributed by atoms with E-state index in [1.54, 1.807) is 0 Å². The van der Waals surface area contributed by atoms with E-state index in [0.717, 1.165) is 13.1 Å². The van der Waals surface area contributed by atoms with E-state index in [2.05, 4.69) is 42.3 Å². The number of amides is 1. The van der Waals surface area contributed by atoms with Crippen LogP contribution in [-0.2, 0) is 4.74 Å². The molecule has 1 aliphatic rings. The molecule has 2 rings (SSSR count). The lowest BCUT2D eigenvalue weighted by Gasteiger charge is -2.43. The first kappa shape index (κ1) is 21.6. The van der Waals surface area contributed by atoms with Gasteiger partial charge in [0.25, 0.3) is 0 Å². The number of rotatable bonds is 3. The van der Waals surface area contributed by atoms with Gasteiger partial charge in [0, 0.05) is 25.7 Å². The number of benzene rings is 1. The standard InChI is InChI=1S/C18H28N2O2S.HI/c1-14-13-19(16(23-5)15-9-7-6-8-10-15)11-12-20(14)17(21)22-18(2,3)4;/h6-10,14,16H,11-13H2,1-5H3;1H/t14-,16?;/m1./s1. The van der Waals surface area contributed by atoms with E-state index in [1.165, 1.54) is 5.56 Å². The van der Waals surface area contributed by atoms with Crippen LogP contribution in [-0.4, -0.2) is 53.4 Å². The predicted molar refractivity (Wildman–Crippen MR) is 112 cm³/mol. The van der Waals surface area contributed by atoms with E-state index in [9.17, 15) is 4.79 Å². The molecule has 136 valence electrons. The van der Waals surface area contributed by atoms with Crippen LogP contribution in [0, 0.1) is 0 Å². The minimum Gasteiger partial charge on any atom is -0.444 e. The monoisotopic (exact) mass is 464 g/mol. The van der Waals surface area contributed by atoms with E-state index >= 15 is 0 Å². The smallest absolute Gasteiger partial charge is 0.410 e. The van der Waals surface area contributed by atoms with Crippen LogP contribution in [0.4, 0.5) is 4.79 Å². The number of hydrogen-bond donors (Lipinski definition) is 0. The first-order chi connectivity index (χ1) is 10.8. The Labute approximate surface area is 167 Å². The van der Waals surface area contributed by atoms with Crippen LogP contribution in [0.15, 0.2) is 30.3 Å². The fourth-order valence-electron chi connectivity index (χ4n) is 2.90. The fraction of sp³-hybridized carbons (Fsp3) is 0.611. The van der Waals surface area contributed by atoms with Gasteiger partial charge in [-0.15, -0.1) is 35.7 Å². The van der Waals surface area contributed by atoms with Gasteiger partial charge in [-0.05, 0) is 39.5 Å². The average Bonchev–Trinajstić information content (AvgIpc) is 2.47. The van der Waals surface area contributed by atoms with Crippen molar-refractivity contribution in [1.82, 2.24) is 9.80 Å². The fourth-order valence-corrected chi connectivity index (χ4v) is 3.82. The molecule has 1 aromatic carbocycles. The molecule has 24 heavy (non-hydrogen) atoms. The molecule has 1 heterocycles. The normalized spacial score (nSPS) is 20.2. The minimum atomic E-state index is -0.445. The largest absolute Gasteiger partial charge is 0.444 e. The zero-order valence-electron chi connectivity index (χ0n) is 15.2. The topological polar surface area (TPSA) is 32.8 Å². The Kier molecular flexibility index (Phi) is 8.35. The highest BCUT2D eigenvalue weighted by molar-refractivity contribution is 14.0. The van der Waals surface area contributed by atoms with Crippen molar-refractivity contribution in [3.63, 3.8) is 0 Å². The molecule has 4 nitrogen and oxygen atoms in total. The molecule has 0 spiro atoms. The molecule has 1 saturated heterocycles. The summed E-state index contributed by atoms with van der Waals surface area (Å²) in [5, 5.41) is 0.333. The first-order valence-corrected chi connectivity index (χ1v) is 9.42. The van der Waals surface area contributed by atoms with Crippen molar-refractivity contribution in [2.24, 2.45) is 0 Å². The summed E-state index contributed by atoms with van der Waals surface area (Å²) in [4.78, 5) is 16.6. The predicted octanol–water partition coefficient (Wildman–Crippen LogP) is 4.61. The molecule has 2 atom stereocenters. The van der Waals surface area contributed by atoms with Crippen LogP contribution in [0.25, 0.3) is 0 Å². The SMILES string of the molecule is CSC(c1ccccc1)N1CCN(C(=O)OC(C)(C)C)[C@H](C)C1.I. The molecule has 1 aromatic rings. The van der Waals surface area contributed by atoms with Gasteiger partial charge in [-0.2, -0.15) is 0 Å². The minimum absolute atomic E-state index is 0. The molecule has 0 aliphatic carbocycles. The maximum absolute atomic E-state index is 12.3. The summed E-state index contributed by atoms with van der Waals surface area (Å²) in [6.07, 6.45) is 1.94. The summed E-state index contributed by atoms with van der Waals surface area (Å²) in [6, 6.07) is 10.7. The Bertz CT molecular complexity index is 522. The second-order valence-corrected chi connectivity index (χ2v) is 7.93. The highest BCUT2D eigenvalue weighted by atomic mass is 127. The van der Waals surface area contributed by atoms with Gasteiger partial charge in [-0.25, -0.2) is 4.79 Å². The lowest BCUT2D eigenvalue weighted by molar-refractivity contribution is 0.000107. The maximum atomic E-state index is 12.3. The molecule has 0 radical (unpaired) electrons. The molecule has 0 bridgehead atoms. The van der Waals surface area contributed by atoms with Crippen molar-refractivity contribution in [1.29, 1.82) is 0 Å². The van der Waals surface area contributed by atoms with Crippen LogP contribution in [0.1, 0.15) is 38.6 Å². The molecule has 0 N–H and O–H groups in total. The maximum Gasteiger partial charge on any atom is 0.410 e. The first-order valence-electron chi connectivity index (χ1n) is 8.13. The van der Waals surface area contributed by atoms with Crippen molar-refractivity contribution in [3.05, 3.63) is 35.9 Å². The number of hydrogen-bond acceptors (Lipinski definition) is 4. The molecular formula is C18H29IN2O2S. The van der Waals surface area contributed by atoms with Crippen molar-refractivity contribution in [3.8, 4) is 0 Å². The molecular weight excluding hydrogens is 435 g/mol. The number of carbonyl (C=O) groups is 1. The van der Waals surface area contributed by atoms with Crippen LogP contribution in [0.5, 0.6) is 0 Å². The van der Waals surface area contributed by atoms with Crippen LogP contribution in [0.2, 0.25) is 0 Å². The van der Waals surface area contributed by atoms with Gasteiger partial charge >= 0.3 is 6.09 Å². The number of halogens is 1. The third-order valence-electron chi connectivity index (χ3n) is 3.93. The van der Waals surface area contributed by atoms with Crippen molar-refractivity contribution in [2.75, 3.05) is 25.9 Å². The zero-order valence-corrected chi connectivity index (χ0v) is 18.3. The number of nitrogens with zero attached hydrogens (tertiary/aromatic N) is 2. The van der Waals surface area contributed by atoms with Crippen LogP contribution in [0.3, 0.4) is 0 Å². The summed E-state index contributed by atoms with van der Waals surface area (Å²) in [5.41, 5.74) is 0.873. The van der Waals surface area contributed by atoms with E-state index in [1.807, 2.05) is 43.5 Å². The van der Waals surface area contributed by atoms with Gasteiger partial charge in [0.1, 0.15) is 5.60 Å². The Morgan fingerprint density at radius 3 is 2.38 bits per heavy atom. The van der Waals surface area contributed by atoms with Crippen molar-refractivity contribution < 1.29 is 9.53 Å². The summed E-state index contributed by atoms with van der Waals surface area (Å²) in [7, 11) is 0. The number of thioether (sulfide) groups is 1. The van der Waals surface area contributed by atoms with Gasteiger partial charge in [0.05, 0.1) is 5.37 Å². The molecule has 0 aromatic heterocycles. The second-order valence-electron chi connectivity index (χ2n) is 7.02. The second kappa shape index (κ2) is 9.29. The van der Waals surface area contributed by atoms with Gasteiger partial charge in [0.2, 0.25) is 0 Å². The van der Waals surface area contributed by atoms with Crippen molar-refractivity contribution >= 4 is 41.8 Å². The quantitative estimate of drug-likeness (QED) is 0.612. The summed E-state index contributed by atoms with van der Waals surface area (Å²) in [5.74, 6) is 0. The van der Waals surface area contributed by atoms with Gasteiger partial charge < -0.3 is 9.64 Å². The Morgan fingerprint density at radius 2 is 1.88 bits per heavy atom. The third kappa shape index (κ3) is 5.81. The van der Waals surface area contributed by atoms with Crippen molar-refractivity contribution in [2.45, 2.75) is 44.7 Å². The zero-order chi connectivity index (χ0) is 17.0. The molecule has 1 unspecified atom stereocenters. The van der Waals surface area contributed by atoms with E-state index in [0.29, 0.717) is 11.9 Å². The van der Waals surface area contributed by atoms with E-state index in [-0.39, 0.29) is 36.1 Å². The molecule has 0 saturated carbocycles. The van der Waals surface area contributed by atoms with Gasteiger partial charge in [-0.1, -0.05) is 30.3 Å². The average molecular weight is 464 g/mol. The van der Waals surface area contributed by atoms with E-state index in [4.69, 9.17) is 4.74 Å². The van der Waals surface area contributed by atoms with Crippen LogP contribution < -0.4 is 0 Å². The summed E-state index contributed by atoms with van der Waals surface area (Å²) >= 11 is 1.84. The van der Waals surface area contributed by atoms with Gasteiger partial charge in [0.15, 0.2) is 0 Å². The molecule has 6 heteroatoms. The van der Waals surface area contributed by atoms with E-state index < -0.39 is 5.60 Å². The third-order valence-corrected chi connectivity index (χ3v) is 4.94.